The fourth-order valence-corrected chi connectivity index (χ4v) is 14.0. The second-order valence-corrected chi connectivity index (χ2v) is 32.2. The van der Waals surface area contributed by atoms with Crippen LogP contribution in [0.15, 0.2) is 0 Å². The van der Waals surface area contributed by atoms with E-state index >= 15 is 0 Å². The van der Waals surface area contributed by atoms with Crippen LogP contribution >= 0.6 is 15.6 Å². The molecule has 3 N–H and O–H groups in total. The van der Waals surface area contributed by atoms with Gasteiger partial charge in [0.1, 0.15) is 19.3 Å². The number of carbonyl (C=O) groups is 4. The van der Waals surface area contributed by atoms with Crippen LogP contribution in [0, 0.1) is 5.92 Å². The molecule has 19 heteroatoms. The predicted octanol–water partition coefficient (Wildman–Crippen LogP) is 24.0. The molecule has 0 saturated heterocycles. The Kier molecular flexibility index (Phi) is 71.6. The summed E-state index contributed by atoms with van der Waals surface area (Å²) in [6.45, 7) is 7.28. The molecule has 588 valence electrons. The number of carbonyl (C=O) groups excluding carboxylic acids is 4. The molecule has 0 heterocycles. The lowest BCUT2D eigenvalue weighted by atomic mass is 10.0. The van der Waals surface area contributed by atoms with Gasteiger partial charge in [-0.05, 0) is 31.6 Å². The SMILES string of the molecule is CCCCCCCCCCCCCCCCCCCCCCCCC(=O)O[C@H](COC(=O)CCCCCCCCCCCCCCCCCCCCC(C)C)COP(=O)(O)OC[C@@H](O)COP(=O)(O)OC[C@@H](COC(=O)CCCCCCCCC)OC(=O)CCCCCCCCCCC. The van der Waals surface area contributed by atoms with Gasteiger partial charge in [-0.25, -0.2) is 9.13 Å². The number of hydrogen-bond acceptors (Lipinski definition) is 15. The van der Waals surface area contributed by atoms with E-state index in [1.807, 2.05) is 0 Å². The van der Waals surface area contributed by atoms with Gasteiger partial charge in [-0.3, -0.25) is 37.3 Å². The minimum Gasteiger partial charge on any atom is -0.462 e. The maximum absolute atomic E-state index is 13.1. The monoisotopic (exact) mass is 1450 g/mol. The number of aliphatic hydroxyl groups is 1. The summed E-state index contributed by atoms with van der Waals surface area (Å²) in [5.74, 6) is -1.29. The van der Waals surface area contributed by atoms with Crippen molar-refractivity contribution in [1.29, 1.82) is 0 Å². The maximum atomic E-state index is 13.1. The standard InChI is InChI=1S/C80H156O17P2/c1-6-9-12-15-18-20-21-22-23-24-25-26-27-28-33-36-39-42-46-51-56-61-66-80(85)97-76(70-91-78(83)64-59-54-49-45-41-38-35-32-30-29-31-34-37-40-44-48-52-57-62-73(4)5)72-95-99(88,89)93-68-74(81)67-92-98(86,87)94-71-75(69-90-77(82)63-58-53-47-17-14-11-8-3)96-79(84)65-60-55-50-43-19-16-13-10-7-2/h73-76,81H,6-72H2,1-5H3,(H,86,87)(H,88,89)/t74-,75+,76+/m0/s1. The zero-order chi connectivity index (χ0) is 72.7. The predicted molar refractivity (Wildman–Crippen MR) is 405 cm³/mol. The first-order valence-corrected chi connectivity index (χ1v) is 44.6. The molecule has 17 nitrogen and oxygen atoms in total. The number of esters is 4. The van der Waals surface area contributed by atoms with Crippen LogP contribution in [0.4, 0.5) is 0 Å². The third-order valence-corrected chi connectivity index (χ3v) is 20.7. The summed E-state index contributed by atoms with van der Waals surface area (Å²) >= 11 is 0. The molecule has 0 aliphatic rings. The van der Waals surface area contributed by atoms with Crippen LogP contribution in [-0.2, 0) is 65.4 Å². The normalized spacial score (nSPS) is 13.9. The van der Waals surface area contributed by atoms with E-state index in [4.69, 9.17) is 37.0 Å². The lowest BCUT2D eigenvalue weighted by Gasteiger charge is -2.21. The van der Waals surface area contributed by atoms with Gasteiger partial charge in [0, 0.05) is 25.7 Å². The average molecular weight is 1450 g/mol. The van der Waals surface area contributed by atoms with Crippen molar-refractivity contribution in [2.24, 2.45) is 5.92 Å². The van der Waals surface area contributed by atoms with Crippen molar-refractivity contribution in [2.45, 2.75) is 445 Å². The molecule has 0 aliphatic heterocycles. The first-order valence-electron chi connectivity index (χ1n) is 41.6. The number of aliphatic hydroxyl groups excluding tert-OH is 1. The van der Waals surface area contributed by atoms with E-state index in [0.717, 1.165) is 109 Å². The molecule has 0 spiro atoms. The number of rotatable bonds is 80. The number of unbranched alkanes of at least 4 members (excludes halogenated alkanes) is 52. The summed E-state index contributed by atoms with van der Waals surface area (Å²) in [7, 11) is -9.90. The molecule has 0 saturated carbocycles. The van der Waals surface area contributed by atoms with E-state index in [1.54, 1.807) is 0 Å². The number of ether oxygens (including phenoxy) is 4. The molecule has 0 aromatic rings. The zero-order valence-electron chi connectivity index (χ0n) is 64.6. The summed E-state index contributed by atoms with van der Waals surface area (Å²) in [6.07, 6.45) is 64.3. The first kappa shape index (κ1) is 97.1. The van der Waals surface area contributed by atoms with Gasteiger partial charge in [0.15, 0.2) is 12.2 Å². The van der Waals surface area contributed by atoms with Gasteiger partial charge in [0.2, 0.25) is 0 Å². The minimum absolute atomic E-state index is 0.106. The molecule has 0 fully saturated rings. The van der Waals surface area contributed by atoms with Gasteiger partial charge in [-0.2, -0.15) is 0 Å². The molecule has 99 heavy (non-hydrogen) atoms. The van der Waals surface area contributed by atoms with Gasteiger partial charge in [0.25, 0.3) is 0 Å². The molecule has 2 unspecified atom stereocenters. The van der Waals surface area contributed by atoms with Crippen molar-refractivity contribution in [2.75, 3.05) is 39.6 Å². The summed E-state index contributed by atoms with van der Waals surface area (Å²) in [4.78, 5) is 72.7. The number of phosphoric acid groups is 2. The number of hydrogen-bond donors (Lipinski definition) is 3. The molecule has 5 atom stereocenters. The van der Waals surface area contributed by atoms with Crippen molar-refractivity contribution < 1.29 is 80.2 Å². The van der Waals surface area contributed by atoms with Gasteiger partial charge in [-0.15, -0.1) is 0 Å². The lowest BCUT2D eigenvalue weighted by molar-refractivity contribution is -0.161. The quantitative estimate of drug-likeness (QED) is 0.0222. The number of phosphoric ester groups is 2. The Morgan fingerprint density at radius 3 is 0.687 bits per heavy atom. The second kappa shape index (κ2) is 73.0. The molecule has 0 radical (unpaired) electrons. The summed E-state index contributed by atoms with van der Waals surface area (Å²) in [5, 5.41) is 10.6. The Hall–Kier alpha value is -1.94. The van der Waals surface area contributed by atoms with Crippen LogP contribution in [-0.4, -0.2) is 96.7 Å². The molecule has 0 bridgehead atoms. The van der Waals surface area contributed by atoms with Crippen molar-refractivity contribution in [3.63, 3.8) is 0 Å². The van der Waals surface area contributed by atoms with E-state index in [1.165, 1.54) is 238 Å². The highest BCUT2D eigenvalue weighted by Gasteiger charge is 2.30. The molecule has 0 aliphatic carbocycles. The van der Waals surface area contributed by atoms with Crippen molar-refractivity contribution in [3.05, 3.63) is 0 Å². The molecular formula is C80H156O17P2. The van der Waals surface area contributed by atoms with Gasteiger partial charge < -0.3 is 33.8 Å². The topological polar surface area (TPSA) is 237 Å². The second-order valence-electron chi connectivity index (χ2n) is 29.3. The smallest absolute Gasteiger partial charge is 0.462 e. The fraction of sp³-hybridized carbons (Fsp3) is 0.950. The Morgan fingerprint density at radius 1 is 0.273 bits per heavy atom. The first-order chi connectivity index (χ1) is 48.0. The zero-order valence-corrected chi connectivity index (χ0v) is 66.4. The molecule has 0 rings (SSSR count). The van der Waals surface area contributed by atoms with E-state index in [9.17, 15) is 43.2 Å². The van der Waals surface area contributed by atoms with Crippen molar-refractivity contribution >= 4 is 39.5 Å². The van der Waals surface area contributed by atoms with Crippen molar-refractivity contribution in [3.8, 4) is 0 Å². The summed E-state index contributed by atoms with van der Waals surface area (Å²) in [5.41, 5.74) is 0. The van der Waals surface area contributed by atoms with E-state index in [-0.39, 0.29) is 25.7 Å². The third-order valence-electron chi connectivity index (χ3n) is 18.8. The van der Waals surface area contributed by atoms with Crippen LogP contribution in [0.1, 0.15) is 426 Å². The van der Waals surface area contributed by atoms with Gasteiger partial charge in [0.05, 0.1) is 26.4 Å². The van der Waals surface area contributed by atoms with Crippen LogP contribution in [0.2, 0.25) is 0 Å². The third kappa shape index (κ3) is 74.1. The van der Waals surface area contributed by atoms with E-state index in [2.05, 4.69) is 34.6 Å². The highest BCUT2D eigenvalue weighted by molar-refractivity contribution is 7.47. The molecular weight excluding hydrogens is 1290 g/mol. The minimum atomic E-state index is -4.96. The Bertz CT molecular complexity index is 1890. The maximum Gasteiger partial charge on any atom is 0.472 e. The molecule has 0 aromatic heterocycles. The fourth-order valence-electron chi connectivity index (χ4n) is 12.4. The average Bonchev–Trinajstić information content (AvgIpc) is 1.47. The van der Waals surface area contributed by atoms with Crippen molar-refractivity contribution in [1.82, 2.24) is 0 Å². The Balaban J connectivity index is 5.11. The summed E-state index contributed by atoms with van der Waals surface area (Å²) in [6, 6.07) is 0. The van der Waals surface area contributed by atoms with Gasteiger partial charge >= 0.3 is 39.5 Å². The highest BCUT2D eigenvalue weighted by atomic mass is 31.2. The van der Waals surface area contributed by atoms with Crippen LogP contribution < -0.4 is 0 Å². The highest BCUT2D eigenvalue weighted by Crippen LogP contribution is 2.45. The largest absolute Gasteiger partial charge is 0.472 e. The van der Waals surface area contributed by atoms with Crippen LogP contribution in [0.25, 0.3) is 0 Å². The Morgan fingerprint density at radius 2 is 0.465 bits per heavy atom. The molecule has 0 amide bonds. The molecule has 0 aromatic carbocycles. The lowest BCUT2D eigenvalue weighted by Crippen LogP contribution is -2.30. The Labute approximate surface area is 607 Å². The van der Waals surface area contributed by atoms with E-state index < -0.39 is 97.5 Å². The van der Waals surface area contributed by atoms with Gasteiger partial charge in [-0.1, -0.05) is 375 Å². The van der Waals surface area contributed by atoms with Crippen LogP contribution in [0.3, 0.4) is 0 Å². The summed E-state index contributed by atoms with van der Waals surface area (Å²) < 4.78 is 68.4. The van der Waals surface area contributed by atoms with E-state index in [0.29, 0.717) is 25.7 Å². The van der Waals surface area contributed by atoms with Crippen LogP contribution in [0.5, 0.6) is 0 Å².